The van der Waals surface area contributed by atoms with Gasteiger partial charge in [0.1, 0.15) is 0 Å². The van der Waals surface area contributed by atoms with E-state index in [1.807, 2.05) is 0 Å². The quantitative estimate of drug-likeness (QED) is 0.184. The standard InChI is InChI=1S/C47H38N4/c1-49-31-37(23-27-43(49)35-20-24-42(48-30-35)32-12-4-2-5-13-32)51-45-19-11-9-17-39(45)41-29-34(22-26-47(41)51)33-21-25-46-40(28-33)38-16-8-10-18-44(38)50(46)36-14-6-3-7-15-36/h2-4,6-12,14-26,28-30,43H,5,13,27,31H2,1H3. The molecule has 0 radical (unpaired) electrons. The van der Waals surface area contributed by atoms with Gasteiger partial charge in [0.05, 0.1) is 27.8 Å². The van der Waals surface area contributed by atoms with Crippen LogP contribution in [0.4, 0.5) is 0 Å². The van der Waals surface area contributed by atoms with Gasteiger partial charge in [-0.05, 0) is 103 Å². The Morgan fingerprint density at radius 1 is 0.627 bits per heavy atom. The van der Waals surface area contributed by atoms with Gasteiger partial charge in [-0.1, -0.05) is 97.1 Å². The highest BCUT2D eigenvalue weighted by Gasteiger charge is 2.25. The topological polar surface area (TPSA) is 26.0 Å². The van der Waals surface area contributed by atoms with E-state index < -0.39 is 0 Å². The third kappa shape index (κ3) is 4.98. The lowest BCUT2D eigenvalue weighted by atomic mass is 9.97. The second kappa shape index (κ2) is 12.1. The molecule has 10 rings (SSSR count). The van der Waals surface area contributed by atoms with Crippen molar-refractivity contribution in [1.29, 1.82) is 0 Å². The fraction of sp³-hybridized carbons (Fsp3) is 0.128. The monoisotopic (exact) mass is 658 g/mol. The highest BCUT2D eigenvalue weighted by molar-refractivity contribution is 6.13. The minimum absolute atomic E-state index is 0.304. The number of allylic oxidation sites excluding steroid dienone is 4. The lowest BCUT2D eigenvalue weighted by molar-refractivity contribution is 0.262. The minimum atomic E-state index is 0.304. The second-order valence-electron chi connectivity index (χ2n) is 14.0. The van der Waals surface area contributed by atoms with Gasteiger partial charge in [0.25, 0.3) is 0 Å². The van der Waals surface area contributed by atoms with Gasteiger partial charge in [-0.15, -0.1) is 0 Å². The summed E-state index contributed by atoms with van der Waals surface area (Å²) in [5, 5.41) is 5.11. The van der Waals surface area contributed by atoms with Crippen molar-refractivity contribution in [2.24, 2.45) is 0 Å². The molecule has 4 heterocycles. The normalized spacial score (nSPS) is 16.7. The molecule has 4 heteroatoms. The zero-order valence-corrected chi connectivity index (χ0v) is 28.7. The summed E-state index contributed by atoms with van der Waals surface area (Å²) in [4.78, 5) is 7.36. The number of benzene rings is 5. The second-order valence-corrected chi connectivity index (χ2v) is 14.0. The maximum Gasteiger partial charge on any atom is 0.0661 e. The van der Waals surface area contributed by atoms with Crippen LogP contribution in [0.2, 0.25) is 0 Å². The Morgan fingerprint density at radius 3 is 1.92 bits per heavy atom. The summed E-state index contributed by atoms with van der Waals surface area (Å²) < 4.78 is 4.87. The maximum atomic E-state index is 4.89. The molecule has 4 nitrogen and oxygen atoms in total. The molecular formula is C47H38N4. The van der Waals surface area contributed by atoms with Crippen LogP contribution in [0.3, 0.4) is 0 Å². The fourth-order valence-corrected chi connectivity index (χ4v) is 8.49. The van der Waals surface area contributed by atoms with E-state index in [0.29, 0.717) is 6.04 Å². The predicted molar refractivity (Wildman–Crippen MR) is 214 cm³/mol. The summed E-state index contributed by atoms with van der Waals surface area (Å²) in [5.74, 6) is 0. The van der Waals surface area contributed by atoms with Crippen molar-refractivity contribution in [2.45, 2.75) is 25.3 Å². The minimum Gasteiger partial charge on any atom is -0.312 e. The molecule has 0 bridgehead atoms. The van der Waals surface area contributed by atoms with Gasteiger partial charge in [0, 0.05) is 51.7 Å². The molecule has 0 fully saturated rings. The van der Waals surface area contributed by atoms with Crippen molar-refractivity contribution >= 4 is 54.9 Å². The Hall–Kier alpha value is -5.97. The Labute approximate surface area is 297 Å². The van der Waals surface area contributed by atoms with E-state index in [2.05, 4.69) is 179 Å². The first-order chi connectivity index (χ1) is 25.2. The Bertz CT molecular complexity index is 2700. The fourth-order valence-electron chi connectivity index (χ4n) is 8.49. The van der Waals surface area contributed by atoms with Crippen LogP contribution in [-0.2, 0) is 0 Å². The molecular weight excluding hydrogens is 621 g/mol. The van der Waals surface area contributed by atoms with Crippen LogP contribution in [-0.4, -0.2) is 32.6 Å². The first-order valence-electron chi connectivity index (χ1n) is 18.1. The zero-order chi connectivity index (χ0) is 33.9. The third-order valence-electron chi connectivity index (χ3n) is 11.0. The number of nitrogens with zero attached hydrogens (tertiary/aromatic N) is 4. The average molecular weight is 659 g/mol. The molecule has 0 amide bonds. The number of hydrogen-bond donors (Lipinski definition) is 0. The van der Waals surface area contributed by atoms with E-state index in [4.69, 9.17) is 4.98 Å². The summed E-state index contributed by atoms with van der Waals surface area (Å²) in [7, 11) is 2.25. The van der Waals surface area contributed by atoms with Gasteiger partial charge in [-0.2, -0.15) is 0 Å². The van der Waals surface area contributed by atoms with E-state index in [9.17, 15) is 0 Å². The van der Waals surface area contributed by atoms with Crippen molar-refractivity contribution in [3.05, 3.63) is 169 Å². The molecule has 0 saturated heterocycles. The van der Waals surface area contributed by atoms with Gasteiger partial charge in [-0.25, -0.2) is 0 Å². The zero-order valence-electron chi connectivity index (χ0n) is 28.7. The summed E-state index contributed by atoms with van der Waals surface area (Å²) >= 11 is 0. The Morgan fingerprint density at radius 2 is 1.27 bits per heavy atom. The summed E-state index contributed by atoms with van der Waals surface area (Å²) in [5.41, 5.74) is 13.6. The number of likely N-dealkylation sites (N-methyl/N-ethyl adjacent to an activating group) is 1. The highest BCUT2D eigenvalue weighted by Crippen LogP contribution is 2.40. The molecule has 1 aliphatic carbocycles. The van der Waals surface area contributed by atoms with Crippen molar-refractivity contribution < 1.29 is 0 Å². The van der Waals surface area contributed by atoms with E-state index in [0.717, 1.165) is 31.5 Å². The Balaban J connectivity index is 1.02. The molecule has 246 valence electrons. The smallest absolute Gasteiger partial charge is 0.0661 e. The Kier molecular flexibility index (Phi) is 7.10. The first kappa shape index (κ1) is 29.9. The van der Waals surface area contributed by atoms with Crippen LogP contribution in [0, 0.1) is 0 Å². The van der Waals surface area contributed by atoms with Crippen molar-refractivity contribution in [3.8, 4) is 16.8 Å². The molecule has 5 aromatic carbocycles. The number of fused-ring (bicyclic) bond motifs is 6. The first-order valence-corrected chi connectivity index (χ1v) is 18.1. The largest absolute Gasteiger partial charge is 0.312 e. The van der Waals surface area contributed by atoms with E-state index in [1.165, 1.54) is 77.3 Å². The summed E-state index contributed by atoms with van der Waals surface area (Å²) in [6.07, 6.45) is 14.2. The molecule has 0 spiro atoms. The van der Waals surface area contributed by atoms with Gasteiger partial charge in [0.15, 0.2) is 0 Å². The lowest BCUT2D eigenvalue weighted by Gasteiger charge is -2.33. The van der Waals surface area contributed by atoms with Gasteiger partial charge in [-0.3, -0.25) is 9.88 Å². The van der Waals surface area contributed by atoms with Crippen molar-refractivity contribution in [3.63, 3.8) is 0 Å². The molecule has 3 aromatic heterocycles. The SMILES string of the molecule is CN1CC(n2c3ccccc3c3cc(-c4ccc5c(c4)c4ccccc4n5-c4ccccc4)ccc32)=CCC1c1ccc(C2=CC=CCC2)nc1. The number of rotatable bonds is 5. The summed E-state index contributed by atoms with van der Waals surface area (Å²) in [6.45, 7) is 0.861. The number of aromatic nitrogens is 3. The highest BCUT2D eigenvalue weighted by atomic mass is 15.2. The summed E-state index contributed by atoms with van der Waals surface area (Å²) in [6, 6.07) is 47.0. The number of para-hydroxylation sites is 3. The van der Waals surface area contributed by atoms with Crippen molar-refractivity contribution in [1.82, 2.24) is 19.0 Å². The van der Waals surface area contributed by atoms with Crippen LogP contribution in [0.15, 0.2) is 158 Å². The van der Waals surface area contributed by atoms with Crippen LogP contribution in [0.25, 0.3) is 71.7 Å². The average Bonchev–Trinajstić information content (AvgIpc) is 3.71. The third-order valence-corrected chi connectivity index (χ3v) is 11.0. The van der Waals surface area contributed by atoms with Crippen LogP contribution < -0.4 is 0 Å². The molecule has 0 saturated carbocycles. The van der Waals surface area contributed by atoms with E-state index >= 15 is 0 Å². The molecule has 2 aliphatic rings. The van der Waals surface area contributed by atoms with Crippen LogP contribution >= 0.6 is 0 Å². The number of pyridine rings is 1. The molecule has 8 aromatic rings. The molecule has 51 heavy (non-hydrogen) atoms. The van der Waals surface area contributed by atoms with Gasteiger partial charge < -0.3 is 9.13 Å². The van der Waals surface area contributed by atoms with E-state index in [1.54, 1.807) is 0 Å². The maximum absolute atomic E-state index is 4.89. The predicted octanol–water partition coefficient (Wildman–Crippen LogP) is 11.6. The number of hydrogen-bond acceptors (Lipinski definition) is 2. The van der Waals surface area contributed by atoms with Crippen LogP contribution in [0.5, 0.6) is 0 Å². The van der Waals surface area contributed by atoms with Crippen LogP contribution in [0.1, 0.15) is 36.6 Å². The lowest BCUT2D eigenvalue weighted by Crippen LogP contribution is -2.30. The molecule has 1 aliphatic heterocycles. The molecule has 1 unspecified atom stereocenters. The van der Waals surface area contributed by atoms with Gasteiger partial charge in [0.2, 0.25) is 0 Å². The van der Waals surface area contributed by atoms with Crippen molar-refractivity contribution in [2.75, 3.05) is 13.6 Å². The van der Waals surface area contributed by atoms with Gasteiger partial charge >= 0.3 is 0 Å². The molecule has 1 atom stereocenters. The molecule has 0 N–H and O–H groups in total. The van der Waals surface area contributed by atoms with E-state index in [-0.39, 0.29) is 0 Å².